The maximum atomic E-state index is 4.72. The Hall–Kier alpha value is -4.89. The highest BCUT2D eigenvalue weighted by molar-refractivity contribution is 6.30. The average molecular weight is 460 g/mol. The summed E-state index contributed by atoms with van der Waals surface area (Å²) in [4.78, 5) is 3.71. The molecule has 0 saturated carbocycles. The van der Waals surface area contributed by atoms with E-state index >= 15 is 0 Å². The van der Waals surface area contributed by atoms with Crippen LogP contribution >= 0.6 is 0 Å². The highest BCUT2D eigenvalue weighted by Crippen LogP contribution is 2.42. The van der Waals surface area contributed by atoms with Crippen molar-refractivity contribution in [3.05, 3.63) is 121 Å². The maximum absolute atomic E-state index is 4.72. The molecule has 2 aromatic heterocycles. The number of nitrogens with zero attached hydrogens (tertiary/aromatic N) is 2. The summed E-state index contributed by atoms with van der Waals surface area (Å²) in [5, 5.41) is 13.4. The summed E-state index contributed by atoms with van der Waals surface area (Å²) >= 11 is 0. The van der Waals surface area contributed by atoms with E-state index in [1.54, 1.807) is 0 Å². The number of fused-ring (bicyclic) bond motifs is 8. The molecule has 0 saturated heterocycles. The Bertz CT molecular complexity index is 2080. The van der Waals surface area contributed by atoms with Crippen molar-refractivity contribution in [2.75, 3.05) is 0 Å². The van der Waals surface area contributed by atoms with E-state index in [1.165, 1.54) is 43.4 Å². The molecule has 0 aliphatic rings. The topological polar surface area (TPSA) is 33.6 Å². The number of benzene rings is 6. The molecule has 0 unspecified atom stereocenters. The van der Waals surface area contributed by atoms with Crippen molar-refractivity contribution in [3.8, 4) is 16.8 Å². The summed E-state index contributed by atoms with van der Waals surface area (Å²) < 4.78 is 2.02. The molecule has 2 heterocycles. The van der Waals surface area contributed by atoms with Gasteiger partial charge in [-0.25, -0.2) is 4.68 Å². The van der Waals surface area contributed by atoms with Crippen LogP contribution < -0.4 is 0 Å². The molecule has 0 aliphatic carbocycles. The Labute approximate surface area is 207 Å². The highest BCUT2D eigenvalue weighted by atomic mass is 15.3. The molecule has 0 atom stereocenters. The summed E-state index contributed by atoms with van der Waals surface area (Å²) in [6.07, 6.45) is 1.97. The van der Waals surface area contributed by atoms with Gasteiger partial charge in [-0.2, -0.15) is 5.10 Å². The zero-order valence-electron chi connectivity index (χ0n) is 19.4. The molecule has 8 aromatic rings. The standard InChI is InChI=1S/C33H21N3/c1-3-9-21(10-4-1)27-17-22-11-7-8-14-25(22)32-26(27)15-16-29-33(32)28-18-23-20-34-36(24-12-5-2-6-13-24)31(23)19-30(28)35-29/h1-20,35H. The summed E-state index contributed by atoms with van der Waals surface area (Å²) in [7, 11) is 0. The molecule has 0 spiro atoms. The molecule has 8 rings (SSSR count). The van der Waals surface area contributed by atoms with Crippen molar-refractivity contribution in [1.82, 2.24) is 14.8 Å². The van der Waals surface area contributed by atoms with Crippen molar-refractivity contribution >= 4 is 54.3 Å². The molecule has 3 heteroatoms. The molecule has 0 fully saturated rings. The van der Waals surface area contributed by atoms with E-state index in [9.17, 15) is 0 Å². The Balaban J connectivity index is 1.52. The second-order valence-electron chi connectivity index (χ2n) is 9.40. The van der Waals surface area contributed by atoms with E-state index in [-0.39, 0.29) is 0 Å². The van der Waals surface area contributed by atoms with Gasteiger partial charge in [0.05, 0.1) is 17.4 Å². The van der Waals surface area contributed by atoms with Crippen molar-refractivity contribution in [3.63, 3.8) is 0 Å². The Morgan fingerprint density at radius 2 is 1.33 bits per heavy atom. The van der Waals surface area contributed by atoms with Gasteiger partial charge in [-0.15, -0.1) is 0 Å². The molecule has 6 aromatic carbocycles. The van der Waals surface area contributed by atoms with Crippen molar-refractivity contribution in [2.24, 2.45) is 0 Å². The summed E-state index contributed by atoms with van der Waals surface area (Å²) in [6, 6.07) is 41.1. The van der Waals surface area contributed by atoms with Crippen LogP contribution in [0.1, 0.15) is 0 Å². The lowest BCUT2D eigenvalue weighted by atomic mass is 9.91. The third-order valence-corrected chi connectivity index (χ3v) is 7.36. The first-order valence-corrected chi connectivity index (χ1v) is 12.2. The van der Waals surface area contributed by atoms with Crippen LogP contribution in [0.15, 0.2) is 121 Å². The van der Waals surface area contributed by atoms with Gasteiger partial charge in [0.25, 0.3) is 0 Å². The number of aromatic nitrogens is 3. The maximum Gasteiger partial charge on any atom is 0.0762 e. The predicted molar refractivity (Wildman–Crippen MR) is 151 cm³/mol. The number of nitrogens with one attached hydrogen (secondary N) is 1. The number of H-pyrrole nitrogens is 1. The molecule has 0 bridgehead atoms. The second kappa shape index (κ2) is 7.30. The van der Waals surface area contributed by atoms with Gasteiger partial charge >= 0.3 is 0 Å². The van der Waals surface area contributed by atoms with Crippen LogP contribution in [0.2, 0.25) is 0 Å². The number of hydrogen-bond donors (Lipinski definition) is 1. The summed E-state index contributed by atoms with van der Waals surface area (Å²) in [5.41, 5.74) is 6.93. The van der Waals surface area contributed by atoms with Crippen LogP contribution in [-0.4, -0.2) is 14.8 Å². The van der Waals surface area contributed by atoms with E-state index in [1.807, 2.05) is 29.1 Å². The Morgan fingerprint density at radius 3 is 2.19 bits per heavy atom. The molecule has 1 N–H and O–H groups in total. The largest absolute Gasteiger partial charge is 0.354 e. The van der Waals surface area contributed by atoms with Gasteiger partial charge in [-0.1, -0.05) is 78.9 Å². The van der Waals surface area contributed by atoms with Crippen LogP contribution in [0.3, 0.4) is 0 Å². The number of para-hydroxylation sites is 1. The van der Waals surface area contributed by atoms with Gasteiger partial charge in [0.1, 0.15) is 0 Å². The molecule has 36 heavy (non-hydrogen) atoms. The SMILES string of the molecule is c1ccc(-c2cc3ccccc3c3c2ccc2[nH]c4cc5c(cnn5-c5ccccc5)cc4c23)cc1. The van der Waals surface area contributed by atoms with Gasteiger partial charge in [-0.3, -0.25) is 0 Å². The first-order valence-electron chi connectivity index (χ1n) is 12.2. The van der Waals surface area contributed by atoms with E-state index in [0.29, 0.717) is 0 Å². The van der Waals surface area contributed by atoms with Crippen LogP contribution in [0.4, 0.5) is 0 Å². The Kier molecular flexibility index (Phi) is 3.94. The van der Waals surface area contributed by atoms with Gasteiger partial charge in [0, 0.05) is 32.6 Å². The van der Waals surface area contributed by atoms with Crippen LogP contribution in [0, 0.1) is 0 Å². The molecule has 0 radical (unpaired) electrons. The fraction of sp³-hybridized carbons (Fsp3) is 0. The third-order valence-electron chi connectivity index (χ3n) is 7.36. The van der Waals surface area contributed by atoms with Crippen molar-refractivity contribution in [2.45, 2.75) is 0 Å². The number of rotatable bonds is 2. The molecule has 3 nitrogen and oxygen atoms in total. The molecule has 0 amide bonds. The molecular weight excluding hydrogens is 438 g/mol. The van der Waals surface area contributed by atoms with Crippen molar-refractivity contribution < 1.29 is 0 Å². The fourth-order valence-electron chi connectivity index (χ4n) is 5.74. The minimum absolute atomic E-state index is 1.06. The summed E-state index contributed by atoms with van der Waals surface area (Å²) in [6.45, 7) is 0. The Morgan fingerprint density at radius 1 is 0.556 bits per heavy atom. The first kappa shape index (κ1) is 19.4. The van der Waals surface area contributed by atoms with E-state index < -0.39 is 0 Å². The highest BCUT2D eigenvalue weighted by Gasteiger charge is 2.16. The lowest BCUT2D eigenvalue weighted by molar-refractivity contribution is 0.911. The average Bonchev–Trinajstić information content (AvgIpc) is 3.52. The third kappa shape index (κ3) is 2.71. The lowest BCUT2D eigenvalue weighted by Gasteiger charge is -2.12. The second-order valence-corrected chi connectivity index (χ2v) is 9.40. The molecule has 0 aliphatic heterocycles. The lowest BCUT2D eigenvalue weighted by Crippen LogP contribution is -1.94. The minimum atomic E-state index is 1.06. The first-order chi connectivity index (χ1) is 17.8. The van der Waals surface area contributed by atoms with Gasteiger partial charge in [0.2, 0.25) is 0 Å². The normalized spacial score (nSPS) is 11.9. The smallest absolute Gasteiger partial charge is 0.0762 e. The van der Waals surface area contributed by atoms with Gasteiger partial charge in [-0.05, 0) is 63.7 Å². The molecular formula is C33H21N3. The van der Waals surface area contributed by atoms with Gasteiger partial charge < -0.3 is 4.98 Å². The molecule has 168 valence electrons. The summed E-state index contributed by atoms with van der Waals surface area (Å²) in [5.74, 6) is 0. The number of aromatic amines is 1. The zero-order valence-corrected chi connectivity index (χ0v) is 19.4. The quantitative estimate of drug-likeness (QED) is 0.258. The predicted octanol–water partition coefficient (Wildman–Crippen LogP) is 8.63. The van der Waals surface area contributed by atoms with Crippen molar-refractivity contribution in [1.29, 1.82) is 0 Å². The zero-order chi connectivity index (χ0) is 23.6. The van der Waals surface area contributed by atoms with Crippen LogP contribution in [0.5, 0.6) is 0 Å². The fourth-order valence-corrected chi connectivity index (χ4v) is 5.74. The van der Waals surface area contributed by atoms with E-state index in [2.05, 4.69) is 102 Å². The van der Waals surface area contributed by atoms with Gasteiger partial charge in [0.15, 0.2) is 0 Å². The van der Waals surface area contributed by atoms with E-state index in [4.69, 9.17) is 5.10 Å². The van der Waals surface area contributed by atoms with Crippen LogP contribution in [0.25, 0.3) is 71.1 Å². The van der Waals surface area contributed by atoms with E-state index in [0.717, 1.165) is 27.6 Å². The monoisotopic (exact) mass is 459 g/mol. The van der Waals surface area contributed by atoms with Crippen LogP contribution in [-0.2, 0) is 0 Å². The minimum Gasteiger partial charge on any atom is -0.354 e. The number of hydrogen-bond acceptors (Lipinski definition) is 1.